The minimum Gasteiger partial charge on any atom is -0.383 e. The Kier molecular flexibility index (Phi) is 4.45. The molecule has 0 bridgehead atoms. The minimum atomic E-state index is -1.74. The zero-order chi connectivity index (χ0) is 13.0. The molecule has 94 valence electrons. The molecule has 0 saturated carbocycles. The van der Waals surface area contributed by atoms with Crippen LogP contribution in [-0.2, 0) is 0 Å². The minimum absolute atomic E-state index is 0.916. The first-order valence-electron chi connectivity index (χ1n) is 5.63. The number of hydrogen-bond donors (Lipinski definition) is 3. The molecule has 0 fully saturated rings. The van der Waals surface area contributed by atoms with Crippen LogP contribution in [0, 0.1) is 0 Å². The molecule has 2 rings (SSSR count). The molecular weight excluding hydrogens is 247 g/mol. The Bertz CT molecular complexity index is 433. The molecule has 18 heavy (non-hydrogen) atoms. The Morgan fingerprint density at radius 2 is 1.06 bits per heavy atom. The Balaban J connectivity index is 2.42. The Morgan fingerprint density at radius 3 is 1.39 bits per heavy atom. The van der Waals surface area contributed by atoms with Gasteiger partial charge in [-0.25, -0.2) is 0 Å². The quantitative estimate of drug-likeness (QED) is 0.563. The van der Waals surface area contributed by atoms with Crippen LogP contribution >= 0.6 is 7.92 Å². The lowest BCUT2D eigenvalue weighted by Crippen LogP contribution is -2.31. The standard InChI is InChI=1S/C14H15O3P/c15-13(16)14(17)18(11-7-3-1-4-8-11)12-9-5-2-6-10-12/h1-10,13-17H. The first kappa shape index (κ1) is 13.2. The summed E-state index contributed by atoms with van der Waals surface area (Å²) in [4.78, 5) is 0. The van der Waals surface area contributed by atoms with Gasteiger partial charge >= 0.3 is 0 Å². The molecular formula is C14H15O3P. The molecule has 2 aromatic rings. The summed E-state index contributed by atoms with van der Waals surface area (Å²) in [5.41, 5.74) is 0. The lowest BCUT2D eigenvalue weighted by molar-refractivity contribution is -0.0901. The maximum atomic E-state index is 10.0. The Labute approximate surface area is 107 Å². The van der Waals surface area contributed by atoms with E-state index >= 15 is 0 Å². The summed E-state index contributed by atoms with van der Waals surface area (Å²) < 4.78 is 0. The van der Waals surface area contributed by atoms with E-state index in [1.807, 2.05) is 60.7 Å². The topological polar surface area (TPSA) is 60.7 Å². The second-order valence-corrected chi connectivity index (χ2v) is 6.17. The fraction of sp³-hybridized carbons (Fsp3) is 0.143. The van der Waals surface area contributed by atoms with Gasteiger partial charge in [-0.15, -0.1) is 0 Å². The molecule has 0 saturated heterocycles. The van der Waals surface area contributed by atoms with Crippen LogP contribution in [0.1, 0.15) is 0 Å². The highest BCUT2D eigenvalue weighted by Gasteiger charge is 2.27. The third-order valence-corrected chi connectivity index (χ3v) is 5.10. The monoisotopic (exact) mass is 262 g/mol. The number of aliphatic hydroxyl groups is 3. The van der Waals surface area contributed by atoms with Gasteiger partial charge in [-0.3, -0.25) is 0 Å². The number of rotatable bonds is 4. The van der Waals surface area contributed by atoms with Gasteiger partial charge in [0.25, 0.3) is 0 Å². The van der Waals surface area contributed by atoms with Crippen LogP contribution in [0.25, 0.3) is 0 Å². The van der Waals surface area contributed by atoms with Gasteiger partial charge in [0.15, 0.2) is 6.29 Å². The van der Waals surface area contributed by atoms with E-state index in [-0.39, 0.29) is 0 Å². The van der Waals surface area contributed by atoms with Gasteiger partial charge in [-0.1, -0.05) is 60.7 Å². The first-order valence-corrected chi connectivity index (χ1v) is 7.05. The maximum absolute atomic E-state index is 10.0. The van der Waals surface area contributed by atoms with Gasteiger partial charge in [-0.2, -0.15) is 0 Å². The SMILES string of the molecule is OC(O)C(O)P(c1ccccc1)c1ccccc1. The van der Waals surface area contributed by atoms with Crippen molar-refractivity contribution < 1.29 is 15.3 Å². The van der Waals surface area contributed by atoms with Crippen molar-refractivity contribution in [1.29, 1.82) is 0 Å². The summed E-state index contributed by atoms with van der Waals surface area (Å²) in [5.74, 6) is -1.19. The van der Waals surface area contributed by atoms with Crippen molar-refractivity contribution in [2.45, 2.75) is 12.1 Å². The predicted octanol–water partition coefficient (Wildman–Crippen LogP) is 0.748. The summed E-state index contributed by atoms with van der Waals surface area (Å²) in [6.45, 7) is 0. The normalized spacial score (nSPS) is 12.9. The number of benzene rings is 2. The van der Waals surface area contributed by atoms with E-state index in [4.69, 9.17) is 0 Å². The Hall–Kier alpha value is -1.25. The molecule has 0 spiro atoms. The van der Waals surface area contributed by atoms with Crippen molar-refractivity contribution in [3.8, 4) is 0 Å². The van der Waals surface area contributed by atoms with Crippen LogP contribution in [-0.4, -0.2) is 27.5 Å². The number of aliphatic hydroxyl groups excluding tert-OH is 2. The van der Waals surface area contributed by atoms with Crippen LogP contribution < -0.4 is 10.6 Å². The fourth-order valence-corrected chi connectivity index (χ4v) is 3.93. The van der Waals surface area contributed by atoms with Crippen molar-refractivity contribution in [1.82, 2.24) is 0 Å². The summed E-state index contributed by atoms with van der Waals surface area (Å²) in [7, 11) is -1.20. The molecule has 0 aliphatic heterocycles. The summed E-state index contributed by atoms with van der Waals surface area (Å²) >= 11 is 0. The zero-order valence-corrected chi connectivity index (χ0v) is 10.6. The molecule has 0 radical (unpaired) electrons. The van der Waals surface area contributed by atoms with Crippen molar-refractivity contribution in [2.75, 3.05) is 0 Å². The largest absolute Gasteiger partial charge is 0.383 e. The molecule has 0 amide bonds. The summed E-state index contributed by atoms with van der Waals surface area (Å²) in [6.07, 6.45) is -1.74. The third kappa shape index (κ3) is 2.95. The van der Waals surface area contributed by atoms with Crippen molar-refractivity contribution in [2.24, 2.45) is 0 Å². The molecule has 0 aliphatic carbocycles. The fourth-order valence-electron chi connectivity index (χ4n) is 1.77. The highest BCUT2D eigenvalue weighted by atomic mass is 31.1. The van der Waals surface area contributed by atoms with E-state index in [0.29, 0.717) is 0 Å². The van der Waals surface area contributed by atoms with Gasteiger partial charge in [0.2, 0.25) is 0 Å². The molecule has 0 aliphatic rings. The lowest BCUT2D eigenvalue weighted by atomic mass is 10.4. The van der Waals surface area contributed by atoms with Crippen LogP contribution in [0.3, 0.4) is 0 Å². The van der Waals surface area contributed by atoms with Crippen LogP contribution in [0.15, 0.2) is 60.7 Å². The smallest absolute Gasteiger partial charge is 0.182 e. The van der Waals surface area contributed by atoms with E-state index in [0.717, 1.165) is 10.6 Å². The third-order valence-electron chi connectivity index (χ3n) is 2.60. The maximum Gasteiger partial charge on any atom is 0.182 e. The van der Waals surface area contributed by atoms with Gasteiger partial charge in [0, 0.05) is 0 Å². The van der Waals surface area contributed by atoms with Gasteiger partial charge in [-0.05, 0) is 18.5 Å². The summed E-state index contributed by atoms with van der Waals surface area (Å²) in [5, 5.41) is 30.3. The molecule has 1 atom stereocenters. The molecule has 0 heterocycles. The van der Waals surface area contributed by atoms with E-state index in [1.165, 1.54) is 0 Å². The molecule has 3 N–H and O–H groups in total. The molecule has 3 nitrogen and oxygen atoms in total. The van der Waals surface area contributed by atoms with Crippen LogP contribution in [0.2, 0.25) is 0 Å². The zero-order valence-electron chi connectivity index (χ0n) is 9.72. The highest BCUT2D eigenvalue weighted by molar-refractivity contribution is 7.73. The van der Waals surface area contributed by atoms with Gasteiger partial charge < -0.3 is 15.3 Å². The first-order chi connectivity index (χ1) is 8.70. The van der Waals surface area contributed by atoms with Crippen molar-refractivity contribution >= 4 is 18.5 Å². The van der Waals surface area contributed by atoms with E-state index in [1.54, 1.807) is 0 Å². The average molecular weight is 262 g/mol. The van der Waals surface area contributed by atoms with Crippen LogP contribution in [0.4, 0.5) is 0 Å². The Morgan fingerprint density at radius 1 is 0.667 bits per heavy atom. The van der Waals surface area contributed by atoms with Gasteiger partial charge in [0.05, 0.1) is 0 Å². The number of hydrogen-bond acceptors (Lipinski definition) is 3. The van der Waals surface area contributed by atoms with Crippen LogP contribution in [0.5, 0.6) is 0 Å². The van der Waals surface area contributed by atoms with E-state index < -0.39 is 20.1 Å². The predicted molar refractivity (Wildman–Crippen MR) is 73.3 cm³/mol. The summed E-state index contributed by atoms with van der Waals surface area (Å²) in [6, 6.07) is 18.9. The van der Waals surface area contributed by atoms with Crippen molar-refractivity contribution in [3.63, 3.8) is 0 Å². The van der Waals surface area contributed by atoms with Crippen molar-refractivity contribution in [3.05, 3.63) is 60.7 Å². The molecule has 4 heteroatoms. The lowest BCUT2D eigenvalue weighted by Gasteiger charge is -2.25. The second kappa shape index (κ2) is 6.07. The average Bonchev–Trinajstić information content (AvgIpc) is 2.41. The van der Waals surface area contributed by atoms with Gasteiger partial charge in [0.1, 0.15) is 5.85 Å². The highest BCUT2D eigenvalue weighted by Crippen LogP contribution is 2.38. The second-order valence-electron chi connectivity index (χ2n) is 3.87. The molecule has 2 aromatic carbocycles. The van der Waals surface area contributed by atoms with E-state index in [9.17, 15) is 15.3 Å². The molecule has 1 unspecified atom stereocenters. The van der Waals surface area contributed by atoms with E-state index in [2.05, 4.69) is 0 Å². The molecule has 0 aromatic heterocycles.